The van der Waals surface area contributed by atoms with Crippen molar-refractivity contribution < 1.29 is 9.18 Å². The van der Waals surface area contributed by atoms with Crippen LogP contribution in [0.3, 0.4) is 0 Å². The Labute approximate surface area is 115 Å². The predicted molar refractivity (Wildman–Crippen MR) is 76.1 cm³/mol. The first-order valence-corrected chi connectivity index (χ1v) is 6.15. The monoisotopic (exact) mass is 266 g/mol. The normalized spacial score (nSPS) is 10.4. The molecule has 3 nitrogen and oxygen atoms in total. The van der Waals surface area contributed by atoms with Gasteiger partial charge >= 0.3 is 0 Å². The third-order valence-electron chi connectivity index (χ3n) is 2.99. The minimum Gasteiger partial charge on any atom is -0.321 e. The maximum absolute atomic E-state index is 13.3. The Morgan fingerprint density at radius 3 is 2.65 bits per heavy atom. The van der Waals surface area contributed by atoms with Crippen molar-refractivity contribution in [3.05, 3.63) is 72.2 Å². The maximum Gasteiger partial charge on any atom is 0.255 e. The van der Waals surface area contributed by atoms with Crippen molar-refractivity contribution in [3.63, 3.8) is 0 Å². The van der Waals surface area contributed by atoms with Gasteiger partial charge < -0.3 is 5.32 Å². The van der Waals surface area contributed by atoms with Crippen LogP contribution in [0, 0.1) is 5.82 Å². The predicted octanol–water partition coefficient (Wildman–Crippen LogP) is 3.63. The number of halogens is 1. The second kappa shape index (κ2) is 5.09. The van der Waals surface area contributed by atoms with Crippen LogP contribution in [0.4, 0.5) is 10.1 Å². The highest BCUT2D eigenvalue weighted by Gasteiger charge is 2.08. The van der Waals surface area contributed by atoms with E-state index in [-0.39, 0.29) is 11.7 Å². The van der Waals surface area contributed by atoms with Gasteiger partial charge in [-0.25, -0.2) is 4.39 Å². The van der Waals surface area contributed by atoms with Gasteiger partial charge in [0.25, 0.3) is 5.91 Å². The molecule has 1 heterocycles. The Bertz CT molecular complexity index is 772. The summed E-state index contributed by atoms with van der Waals surface area (Å²) in [5.41, 5.74) is 1.73. The number of aromatic nitrogens is 1. The van der Waals surface area contributed by atoms with Crippen LogP contribution in [0.2, 0.25) is 0 Å². The molecule has 0 bridgehead atoms. The highest BCUT2D eigenvalue weighted by Crippen LogP contribution is 2.22. The first-order chi connectivity index (χ1) is 9.74. The van der Waals surface area contributed by atoms with E-state index in [9.17, 15) is 9.18 Å². The van der Waals surface area contributed by atoms with Gasteiger partial charge in [-0.1, -0.05) is 18.2 Å². The van der Waals surface area contributed by atoms with E-state index in [0.717, 1.165) is 0 Å². The van der Waals surface area contributed by atoms with Gasteiger partial charge in [0.2, 0.25) is 0 Å². The Balaban J connectivity index is 1.99. The second-order valence-electron chi connectivity index (χ2n) is 4.34. The van der Waals surface area contributed by atoms with Crippen LogP contribution in [0.5, 0.6) is 0 Å². The molecule has 2 aromatic carbocycles. The molecule has 0 radical (unpaired) electrons. The third kappa shape index (κ3) is 2.36. The average molecular weight is 266 g/mol. The first-order valence-electron chi connectivity index (χ1n) is 6.15. The molecule has 98 valence electrons. The van der Waals surface area contributed by atoms with Crippen LogP contribution in [-0.2, 0) is 0 Å². The molecule has 1 aromatic heterocycles. The number of carbonyl (C=O) groups excluding carboxylic acids is 1. The zero-order valence-electron chi connectivity index (χ0n) is 10.5. The van der Waals surface area contributed by atoms with E-state index in [0.29, 0.717) is 22.2 Å². The largest absolute Gasteiger partial charge is 0.321 e. The standard InChI is InChI=1S/C16H11FN2O/c17-12-6-7-14-13(10-12)15(8-9-18-14)19-16(20)11-4-2-1-3-5-11/h1-10H,(H,18,19,20). The summed E-state index contributed by atoms with van der Waals surface area (Å²) in [4.78, 5) is 16.3. The number of carbonyl (C=O) groups is 1. The van der Waals surface area contributed by atoms with E-state index in [4.69, 9.17) is 0 Å². The summed E-state index contributed by atoms with van der Waals surface area (Å²) in [6, 6.07) is 14.8. The fraction of sp³-hybridized carbons (Fsp3) is 0. The van der Waals surface area contributed by atoms with Crippen LogP contribution in [-0.4, -0.2) is 10.9 Å². The zero-order chi connectivity index (χ0) is 13.9. The minimum absolute atomic E-state index is 0.234. The number of pyridine rings is 1. The summed E-state index contributed by atoms with van der Waals surface area (Å²) in [6.07, 6.45) is 1.58. The number of fused-ring (bicyclic) bond motifs is 1. The lowest BCUT2D eigenvalue weighted by Crippen LogP contribution is -2.12. The molecule has 1 amide bonds. The molecule has 0 saturated heterocycles. The number of amides is 1. The van der Waals surface area contributed by atoms with E-state index in [1.54, 1.807) is 42.6 Å². The molecule has 0 aliphatic rings. The van der Waals surface area contributed by atoms with Gasteiger partial charge in [-0.3, -0.25) is 9.78 Å². The van der Waals surface area contributed by atoms with Crippen molar-refractivity contribution in [1.82, 2.24) is 4.98 Å². The van der Waals surface area contributed by atoms with E-state index >= 15 is 0 Å². The van der Waals surface area contributed by atoms with E-state index in [2.05, 4.69) is 10.3 Å². The number of rotatable bonds is 2. The minimum atomic E-state index is -0.360. The zero-order valence-corrected chi connectivity index (χ0v) is 10.5. The van der Waals surface area contributed by atoms with Gasteiger partial charge in [-0.2, -0.15) is 0 Å². The summed E-state index contributed by atoms with van der Waals surface area (Å²) in [5, 5.41) is 3.36. The molecule has 0 spiro atoms. The van der Waals surface area contributed by atoms with Gasteiger partial charge in [0.05, 0.1) is 11.2 Å². The van der Waals surface area contributed by atoms with Gasteiger partial charge in [-0.05, 0) is 36.4 Å². The Morgan fingerprint density at radius 2 is 1.85 bits per heavy atom. The van der Waals surface area contributed by atoms with Crippen molar-refractivity contribution in [3.8, 4) is 0 Å². The highest BCUT2D eigenvalue weighted by molar-refractivity contribution is 6.08. The number of nitrogens with one attached hydrogen (secondary N) is 1. The molecule has 20 heavy (non-hydrogen) atoms. The molecule has 3 rings (SSSR count). The molecule has 0 aliphatic heterocycles. The van der Waals surface area contributed by atoms with Crippen molar-refractivity contribution in [2.75, 3.05) is 5.32 Å². The topological polar surface area (TPSA) is 42.0 Å². The quantitative estimate of drug-likeness (QED) is 0.769. The second-order valence-corrected chi connectivity index (χ2v) is 4.34. The Hall–Kier alpha value is -2.75. The van der Waals surface area contributed by atoms with Crippen LogP contribution < -0.4 is 5.32 Å². The van der Waals surface area contributed by atoms with Crippen molar-refractivity contribution in [2.24, 2.45) is 0 Å². The van der Waals surface area contributed by atoms with Crippen LogP contribution in [0.1, 0.15) is 10.4 Å². The van der Waals surface area contributed by atoms with Crippen LogP contribution in [0.15, 0.2) is 60.8 Å². The molecule has 0 saturated carbocycles. The summed E-state index contributed by atoms with van der Waals surface area (Å²) >= 11 is 0. The average Bonchev–Trinajstić information content (AvgIpc) is 2.49. The number of nitrogens with zero attached hydrogens (tertiary/aromatic N) is 1. The molecule has 0 unspecified atom stereocenters. The SMILES string of the molecule is O=C(Nc1ccnc2ccc(F)cc12)c1ccccc1. The van der Waals surface area contributed by atoms with E-state index < -0.39 is 0 Å². The number of benzene rings is 2. The molecule has 0 aliphatic carbocycles. The molecule has 0 fully saturated rings. The molecule has 0 atom stereocenters. The highest BCUT2D eigenvalue weighted by atomic mass is 19.1. The van der Waals surface area contributed by atoms with E-state index in [1.807, 2.05) is 6.07 Å². The summed E-state index contributed by atoms with van der Waals surface area (Å²) in [5.74, 6) is -0.594. The third-order valence-corrected chi connectivity index (χ3v) is 2.99. The van der Waals surface area contributed by atoms with Crippen LogP contribution in [0.25, 0.3) is 10.9 Å². The molecule has 3 aromatic rings. The van der Waals surface area contributed by atoms with Crippen molar-refractivity contribution in [1.29, 1.82) is 0 Å². The summed E-state index contributed by atoms with van der Waals surface area (Å²) in [6.45, 7) is 0. The fourth-order valence-corrected chi connectivity index (χ4v) is 2.01. The summed E-state index contributed by atoms with van der Waals surface area (Å²) < 4.78 is 13.3. The van der Waals surface area contributed by atoms with Crippen molar-refractivity contribution in [2.45, 2.75) is 0 Å². The lowest BCUT2D eigenvalue weighted by molar-refractivity contribution is 0.102. The molecule has 4 heteroatoms. The lowest BCUT2D eigenvalue weighted by atomic mass is 10.1. The number of anilines is 1. The van der Waals surface area contributed by atoms with E-state index in [1.165, 1.54) is 12.1 Å². The van der Waals surface area contributed by atoms with Gasteiger partial charge in [0, 0.05) is 17.1 Å². The smallest absolute Gasteiger partial charge is 0.255 e. The molecule has 1 N–H and O–H groups in total. The van der Waals surface area contributed by atoms with Gasteiger partial charge in [-0.15, -0.1) is 0 Å². The van der Waals surface area contributed by atoms with Crippen molar-refractivity contribution >= 4 is 22.5 Å². The summed E-state index contributed by atoms with van der Waals surface area (Å²) in [7, 11) is 0. The fourth-order valence-electron chi connectivity index (χ4n) is 2.01. The molecular formula is C16H11FN2O. The number of hydrogen-bond donors (Lipinski definition) is 1. The van der Waals surface area contributed by atoms with Crippen LogP contribution >= 0.6 is 0 Å². The number of hydrogen-bond acceptors (Lipinski definition) is 2. The first kappa shape index (κ1) is 12.3. The maximum atomic E-state index is 13.3. The Morgan fingerprint density at radius 1 is 1.05 bits per heavy atom. The molecular weight excluding hydrogens is 255 g/mol. The van der Waals surface area contributed by atoms with Gasteiger partial charge in [0.1, 0.15) is 5.82 Å². The Kier molecular flexibility index (Phi) is 3.13. The lowest BCUT2D eigenvalue weighted by Gasteiger charge is -2.08. The van der Waals surface area contributed by atoms with Gasteiger partial charge in [0.15, 0.2) is 0 Å².